The quantitative estimate of drug-likeness (QED) is 0.803. The number of aryl methyl sites for hydroxylation is 1. The number of aromatic nitrogens is 2. The van der Waals surface area contributed by atoms with Crippen molar-refractivity contribution in [2.24, 2.45) is 0 Å². The number of halogens is 4. The van der Waals surface area contributed by atoms with Gasteiger partial charge in [0, 0.05) is 0 Å². The van der Waals surface area contributed by atoms with Gasteiger partial charge in [-0.15, -0.1) is 0 Å². The van der Waals surface area contributed by atoms with Crippen LogP contribution < -0.4 is 5.32 Å². The molecule has 0 radical (unpaired) electrons. The van der Waals surface area contributed by atoms with Crippen LogP contribution in [0.2, 0.25) is 0 Å². The molecule has 0 saturated heterocycles. The average molecular weight is 359 g/mol. The Balaban J connectivity index is 2.48. The minimum atomic E-state index is -4.94. The topological polar surface area (TPSA) is 84.2 Å². The molecule has 0 aliphatic carbocycles. The lowest BCUT2D eigenvalue weighted by molar-refractivity contribution is -0.143. The van der Waals surface area contributed by atoms with Gasteiger partial charge in [-0.3, -0.25) is 4.79 Å². The normalized spacial score (nSPS) is 12.7. The molecule has 0 saturated carbocycles. The molecule has 2 N–H and O–H groups in total. The van der Waals surface area contributed by atoms with Crippen LogP contribution in [0, 0.1) is 6.92 Å². The van der Waals surface area contributed by atoms with Crippen molar-refractivity contribution in [3.63, 3.8) is 0 Å². The molecule has 134 valence electrons. The van der Waals surface area contributed by atoms with E-state index in [0.29, 0.717) is 10.9 Å². The van der Waals surface area contributed by atoms with Gasteiger partial charge in [-0.2, -0.15) is 18.3 Å². The van der Waals surface area contributed by atoms with Crippen molar-refractivity contribution >= 4 is 11.9 Å². The average Bonchev–Trinajstić information content (AvgIpc) is 2.98. The number of nitrogens with one attached hydrogen (secondary N) is 1. The Kier molecular flexibility index (Phi) is 5.10. The maximum absolute atomic E-state index is 13.4. The minimum absolute atomic E-state index is 0.0669. The summed E-state index contributed by atoms with van der Waals surface area (Å²) in [5.74, 6) is -3.08. The Morgan fingerprint density at radius 1 is 1.28 bits per heavy atom. The maximum Gasteiger partial charge on any atom is 0.434 e. The largest absolute Gasteiger partial charge is 0.480 e. The summed E-state index contributed by atoms with van der Waals surface area (Å²) in [4.78, 5) is 22.7. The van der Waals surface area contributed by atoms with Crippen molar-refractivity contribution in [2.45, 2.75) is 19.1 Å². The fraction of sp³-hybridized carbons (Fsp3) is 0.267. The fourth-order valence-corrected chi connectivity index (χ4v) is 2.07. The third-order valence-corrected chi connectivity index (χ3v) is 3.32. The Hall–Kier alpha value is -2.91. The van der Waals surface area contributed by atoms with E-state index in [1.165, 1.54) is 12.1 Å². The van der Waals surface area contributed by atoms with E-state index in [1.54, 1.807) is 24.4 Å². The molecule has 1 atom stereocenters. The lowest BCUT2D eigenvalue weighted by Gasteiger charge is -2.14. The number of aliphatic carboxylic acids is 1. The van der Waals surface area contributed by atoms with Crippen molar-refractivity contribution in [3.05, 3.63) is 47.3 Å². The molecule has 1 heterocycles. The van der Waals surface area contributed by atoms with Crippen LogP contribution >= 0.6 is 0 Å². The molecule has 2 aromatic rings. The summed E-state index contributed by atoms with van der Waals surface area (Å²) in [6.45, 7) is 0.286. The van der Waals surface area contributed by atoms with Crippen LogP contribution in [0.15, 0.2) is 30.5 Å². The van der Waals surface area contributed by atoms with E-state index in [-0.39, 0.29) is 5.69 Å². The number of nitrogens with zero attached hydrogens (tertiary/aromatic N) is 2. The number of carbonyl (C=O) groups is 2. The number of alkyl halides is 4. The second kappa shape index (κ2) is 6.91. The van der Waals surface area contributed by atoms with Crippen LogP contribution in [0.1, 0.15) is 21.6 Å². The van der Waals surface area contributed by atoms with Gasteiger partial charge in [0.25, 0.3) is 5.91 Å². The first-order chi connectivity index (χ1) is 11.6. The Bertz CT molecular complexity index is 784. The number of carbonyl (C=O) groups excluding carboxylic acids is 1. The summed E-state index contributed by atoms with van der Waals surface area (Å²) in [7, 11) is 0. The molecule has 1 aromatic heterocycles. The van der Waals surface area contributed by atoms with Gasteiger partial charge in [-0.25, -0.2) is 13.9 Å². The van der Waals surface area contributed by atoms with E-state index in [1.807, 2.05) is 0 Å². The van der Waals surface area contributed by atoms with E-state index in [4.69, 9.17) is 5.11 Å². The Labute approximate surface area is 139 Å². The third-order valence-electron chi connectivity index (χ3n) is 3.32. The van der Waals surface area contributed by atoms with Crippen molar-refractivity contribution in [1.82, 2.24) is 15.1 Å². The lowest BCUT2D eigenvalue weighted by atomic mass is 10.2. The number of amides is 1. The van der Waals surface area contributed by atoms with Gasteiger partial charge in [-0.05, 0) is 19.1 Å². The molecular formula is C15H13F4N3O3. The summed E-state index contributed by atoms with van der Waals surface area (Å²) < 4.78 is 53.4. The van der Waals surface area contributed by atoms with Crippen molar-refractivity contribution in [1.29, 1.82) is 0 Å². The van der Waals surface area contributed by atoms with Gasteiger partial charge >= 0.3 is 12.1 Å². The molecule has 1 aromatic carbocycles. The van der Waals surface area contributed by atoms with E-state index < -0.39 is 42.0 Å². The first kappa shape index (κ1) is 18.4. The second-order valence-corrected chi connectivity index (χ2v) is 5.17. The summed E-state index contributed by atoms with van der Waals surface area (Å²) in [6, 6.07) is 3.97. The molecule has 1 unspecified atom stereocenters. The highest BCUT2D eigenvalue weighted by Gasteiger charge is 2.41. The molecule has 0 fully saturated rings. The van der Waals surface area contributed by atoms with E-state index >= 15 is 0 Å². The predicted molar refractivity (Wildman–Crippen MR) is 78.2 cm³/mol. The maximum atomic E-state index is 13.4. The highest BCUT2D eigenvalue weighted by molar-refractivity contribution is 5.97. The molecule has 6 nitrogen and oxygen atoms in total. The monoisotopic (exact) mass is 359 g/mol. The number of carboxylic acid groups (broad SMARTS) is 1. The third kappa shape index (κ3) is 3.95. The Morgan fingerprint density at radius 3 is 2.36 bits per heavy atom. The van der Waals surface area contributed by atoms with Crippen LogP contribution in [0.25, 0.3) is 5.69 Å². The zero-order valence-corrected chi connectivity index (χ0v) is 12.8. The number of benzene rings is 1. The molecule has 10 heteroatoms. The van der Waals surface area contributed by atoms with Gasteiger partial charge in [0.1, 0.15) is 6.67 Å². The van der Waals surface area contributed by atoms with Gasteiger partial charge in [0.15, 0.2) is 11.7 Å². The molecule has 0 spiro atoms. The van der Waals surface area contributed by atoms with Crippen LogP contribution in [-0.2, 0) is 11.0 Å². The van der Waals surface area contributed by atoms with Gasteiger partial charge in [0.05, 0.1) is 17.4 Å². The van der Waals surface area contributed by atoms with Crippen LogP contribution in [-0.4, -0.2) is 39.5 Å². The highest BCUT2D eigenvalue weighted by Crippen LogP contribution is 2.33. The summed E-state index contributed by atoms with van der Waals surface area (Å²) in [5, 5.41) is 14.0. The zero-order chi connectivity index (χ0) is 18.8. The van der Waals surface area contributed by atoms with Crippen molar-refractivity contribution in [2.75, 3.05) is 6.67 Å². The molecule has 0 aliphatic heterocycles. The molecule has 2 rings (SSSR count). The number of hydrogen-bond donors (Lipinski definition) is 2. The first-order valence-corrected chi connectivity index (χ1v) is 6.97. The highest BCUT2D eigenvalue weighted by atomic mass is 19.4. The summed E-state index contributed by atoms with van der Waals surface area (Å²) in [5.41, 5.74) is -1.39. The molecule has 1 amide bonds. The van der Waals surface area contributed by atoms with E-state index in [9.17, 15) is 27.2 Å². The standard InChI is InChI=1S/C15H13F4N3O3/c1-8-2-4-9(5-3-8)22-12(15(17,18)19)10(7-20-22)13(23)21-11(6-16)14(24)25/h2-5,7,11H,6H2,1H3,(H,21,23)(H,24,25). The van der Waals surface area contributed by atoms with E-state index in [2.05, 4.69) is 5.10 Å². The number of rotatable bonds is 5. The fourth-order valence-electron chi connectivity index (χ4n) is 2.07. The van der Waals surface area contributed by atoms with Crippen LogP contribution in [0.3, 0.4) is 0 Å². The molecule has 25 heavy (non-hydrogen) atoms. The summed E-state index contributed by atoms with van der Waals surface area (Å²) in [6.07, 6.45) is -4.28. The molecule has 0 aliphatic rings. The van der Waals surface area contributed by atoms with Gasteiger partial charge < -0.3 is 10.4 Å². The van der Waals surface area contributed by atoms with Crippen LogP contribution in [0.4, 0.5) is 17.6 Å². The predicted octanol–water partition coefficient (Wildman–Crippen LogP) is 2.35. The van der Waals surface area contributed by atoms with Crippen molar-refractivity contribution < 1.29 is 32.3 Å². The van der Waals surface area contributed by atoms with E-state index in [0.717, 1.165) is 5.56 Å². The van der Waals surface area contributed by atoms with Crippen LogP contribution in [0.5, 0.6) is 0 Å². The van der Waals surface area contributed by atoms with Crippen molar-refractivity contribution in [3.8, 4) is 5.69 Å². The number of hydrogen-bond acceptors (Lipinski definition) is 3. The van der Waals surface area contributed by atoms with Gasteiger partial charge in [0.2, 0.25) is 0 Å². The zero-order valence-electron chi connectivity index (χ0n) is 12.8. The van der Waals surface area contributed by atoms with Gasteiger partial charge in [-0.1, -0.05) is 17.7 Å². The summed E-state index contributed by atoms with van der Waals surface area (Å²) >= 11 is 0. The lowest BCUT2D eigenvalue weighted by Crippen LogP contribution is -2.42. The minimum Gasteiger partial charge on any atom is -0.480 e. The molecular weight excluding hydrogens is 346 g/mol. The smallest absolute Gasteiger partial charge is 0.434 e. The first-order valence-electron chi connectivity index (χ1n) is 6.97. The second-order valence-electron chi connectivity index (χ2n) is 5.17. The SMILES string of the molecule is Cc1ccc(-n2ncc(C(=O)NC(CF)C(=O)O)c2C(F)(F)F)cc1. The number of carboxylic acids is 1. The Morgan fingerprint density at radius 2 is 1.88 bits per heavy atom. The molecule has 0 bridgehead atoms.